The number of hydrogen-bond donors (Lipinski definition) is 1. The second-order valence-corrected chi connectivity index (χ2v) is 8.96. The van der Waals surface area contributed by atoms with Crippen molar-refractivity contribution in [2.45, 2.75) is 44.4 Å². The molecule has 1 N–H and O–H groups in total. The quantitative estimate of drug-likeness (QED) is 0.451. The van der Waals surface area contributed by atoms with Gasteiger partial charge in [0, 0.05) is 17.2 Å². The number of carbonyl (C=O) groups is 3. The summed E-state index contributed by atoms with van der Waals surface area (Å²) < 4.78 is 16.5. The van der Waals surface area contributed by atoms with Gasteiger partial charge in [-0.2, -0.15) is 0 Å². The molecule has 0 spiro atoms. The zero-order valence-corrected chi connectivity index (χ0v) is 14.9. The van der Waals surface area contributed by atoms with Crippen LogP contribution >= 0.6 is 0 Å². The van der Waals surface area contributed by atoms with Gasteiger partial charge in [-0.05, 0) is 27.2 Å². The lowest BCUT2D eigenvalue weighted by Crippen LogP contribution is -2.58. The van der Waals surface area contributed by atoms with E-state index in [0.29, 0.717) is 11.3 Å². The van der Waals surface area contributed by atoms with Gasteiger partial charge in [0.2, 0.25) is 5.91 Å². The van der Waals surface area contributed by atoms with E-state index in [1.165, 1.54) is 18.1 Å². The summed E-state index contributed by atoms with van der Waals surface area (Å²) in [7, 11) is -0.235. The Morgan fingerprint density at radius 2 is 2.04 bits per heavy atom. The third-order valence-corrected chi connectivity index (χ3v) is 6.00. The molecule has 0 radical (unpaired) electrons. The van der Waals surface area contributed by atoms with E-state index >= 15 is 0 Å². The predicted molar refractivity (Wildman–Crippen MR) is 87.1 cm³/mol. The number of carboxylic acid groups (broad SMARTS) is 1. The summed E-state index contributed by atoms with van der Waals surface area (Å²) in [5, 5.41) is 9.44. The number of hydrogen-bond acceptors (Lipinski definition) is 5. The lowest BCUT2D eigenvalue weighted by atomic mass is 9.84. The lowest BCUT2D eigenvalue weighted by molar-refractivity contribution is -0.154. The first-order valence-corrected chi connectivity index (χ1v) is 8.70. The third kappa shape index (κ3) is 3.15. The average molecular weight is 355 g/mol. The molecule has 0 bridgehead atoms. The molecule has 0 aliphatic carbocycles. The smallest absolute Gasteiger partial charge is 0.353 e. The number of esters is 1. The fourth-order valence-corrected chi connectivity index (χ4v) is 4.35. The average Bonchev–Trinajstić information content (AvgIpc) is 2.85. The van der Waals surface area contributed by atoms with Crippen LogP contribution in [0.15, 0.2) is 22.8 Å². The van der Waals surface area contributed by atoms with Gasteiger partial charge in [0.1, 0.15) is 5.70 Å². The van der Waals surface area contributed by atoms with Gasteiger partial charge in [-0.3, -0.25) is 9.00 Å². The molecule has 0 aromatic carbocycles. The molecule has 1 amide bonds. The largest absolute Gasteiger partial charge is 0.477 e. The van der Waals surface area contributed by atoms with Crippen molar-refractivity contribution in [2.24, 2.45) is 5.92 Å². The van der Waals surface area contributed by atoms with Gasteiger partial charge in [-0.15, -0.1) is 0 Å². The van der Waals surface area contributed by atoms with Crippen LogP contribution in [-0.4, -0.2) is 50.0 Å². The Labute approximate surface area is 142 Å². The summed E-state index contributed by atoms with van der Waals surface area (Å²) in [6.07, 6.45) is 3.39. The zero-order valence-electron chi connectivity index (χ0n) is 14.1. The highest BCUT2D eigenvalue weighted by Crippen LogP contribution is 2.46. The second-order valence-electron chi connectivity index (χ2n) is 6.71. The number of carbonyl (C=O) groups excluding carboxylic acids is 2. The van der Waals surface area contributed by atoms with E-state index in [0.717, 1.165) is 0 Å². The Hall–Kier alpha value is -1.96. The van der Waals surface area contributed by atoms with E-state index in [4.69, 9.17) is 0 Å². The normalized spacial score (nSPS) is 24.8. The Bertz CT molecular complexity index is 673. The lowest BCUT2D eigenvalue weighted by Gasteiger charge is -2.42. The number of aliphatic carboxylic acids is 1. The fraction of sp³-hybridized carbons (Fsp3) is 0.562. The first-order valence-electron chi connectivity index (χ1n) is 7.55. The molecule has 2 rings (SSSR count). The van der Waals surface area contributed by atoms with Gasteiger partial charge in [0.25, 0.3) is 0 Å². The number of fused-ring (bicyclic) bond motifs is 1. The fourth-order valence-electron chi connectivity index (χ4n) is 2.93. The Kier molecular flexibility index (Phi) is 4.98. The highest BCUT2D eigenvalue weighted by molar-refractivity contribution is 7.90. The van der Waals surface area contributed by atoms with Crippen molar-refractivity contribution in [3.8, 4) is 0 Å². The van der Waals surface area contributed by atoms with Crippen LogP contribution in [0.1, 0.15) is 33.6 Å². The maximum absolute atomic E-state index is 12.6. The number of β-lactam (4-membered cyclic amide) rings is 1. The van der Waals surface area contributed by atoms with Crippen LogP contribution in [0.4, 0.5) is 0 Å². The minimum atomic E-state index is -1.50. The minimum Gasteiger partial charge on any atom is -0.477 e. The molecular weight excluding hydrogens is 334 g/mol. The molecule has 0 aromatic rings. The minimum absolute atomic E-state index is 0.147. The van der Waals surface area contributed by atoms with Crippen molar-refractivity contribution in [2.75, 3.05) is 7.11 Å². The molecule has 1 fully saturated rings. The number of nitrogens with zero attached hydrogens (tertiary/aromatic N) is 1. The predicted octanol–water partition coefficient (Wildman–Crippen LogP) is 1.18. The highest BCUT2D eigenvalue weighted by Gasteiger charge is 2.55. The Balaban J connectivity index is 2.20. The van der Waals surface area contributed by atoms with Crippen LogP contribution in [0.25, 0.3) is 0 Å². The highest BCUT2D eigenvalue weighted by atomic mass is 32.2. The van der Waals surface area contributed by atoms with Gasteiger partial charge in [-0.25, -0.2) is 9.59 Å². The molecule has 0 aromatic heterocycles. The van der Waals surface area contributed by atoms with Gasteiger partial charge >= 0.3 is 11.9 Å². The molecule has 132 valence electrons. The van der Waals surface area contributed by atoms with E-state index in [2.05, 4.69) is 4.74 Å². The van der Waals surface area contributed by atoms with Crippen molar-refractivity contribution in [1.82, 2.24) is 4.90 Å². The van der Waals surface area contributed by atoms with Crippen molar-refractivity contribution >= 4 is 28.6 Å². The first-order chi connectivity index (χ1) is 11.1. The number of amides is 1. The van der Waals surface area contributed by atoms with Crippen molar-refractivity contribution in [3.63, 3.8) is 0 Å². The van der Waals surface area contributed by atoms with Crippen LogP contribution in [0.5, 0.6) is 0 Å². The van der Waals surface area contributed by atoms with Gasteiger partial charge < -0.3 is 14.7 Å². The molecule has 7 nitrogen and oxygen atoms in total. The number of rotatable bonds is 5. The van der Waals surface area contributed by atoms with Crippen molar-refractivity contribution in [1.29, 1.82) is 0 Å². The Morgan fingerprint density at radius 3 is 2.54 bits per heavy atom. The first kappa shape index (κ1) is 18.4. The summed E-state index contributed by atoms with van der Waals surface area (Å²) >= 11 is 0. The van der Waals surface area contributed by atoms with Crippen LogP contribution < -0.4 is 0 Å². The van der Waals surface area contributed by atoms with E-state index in [1.807, 2.05) is 0 Å². The number of methoxy groups -OCH3 is 1. The van der Waals surface area contributed by atoms with E-state index in [9.17, 15) is 23.7 Å². The maximum atomic E-state index is 12.6. The summed E-state index contributed by atoms with van der Waals surface area (Å²) in [5.74, 6) is -2.46. The van der Waals surface area contributed by atoms with Crippen LogP contribution in [0.2, 0.25) is 0 Å². The molecule has 3 unspecified atom stereocenters. The molecule has 2 aliphatic heterocycles. The summed E-state index contributed by atoms with van der Waals surface area (Å²) in [5.41, 5.74) is -0.147. The summed E-state index contributed by atoms with van der Waals surface area (Å²) in [6.45, 7) is 5.30. The van der Waals surface area contributed by atoms with Crippen LogP contribution in [0, 0.1) is 5.92 Å². The second kappa shape index (κ2) is 6.51. The van der Waals surface area contributed by atoms with Crippen LogP contribution in [-0.2, 0) is 29.9 Å². The van der Waals surface area contributed by atoms with Gasteiger partial charge in [-0.1, -0.05) is 6.08 Å². The van der Waals surface area contributed by atoms with Crippen molar-refractivity contribution in [3.05, 3.63) is 22.8 Å². The third-order valence-electron chi connectivity index (χ3n) is 4.08. The molecule has 8 heteroatoms. The summed E-state index contributed by atoms with van der Waals surface area (Å²) in [6, 6.07) is -0.313. The van der Waals surface area contributed by atoms with Gasteiger partial charge in [0.15, 0.2) is 0 Å². The molecule has 2 aliphatic rings. The van der Waals surface area contributed by atoms with Crippen molar-refractivity contribution < 1.29 is 28.4 Å². The molecule has 24 heavy (non-hydrogen) atoms. The zero-order chi connectivity index (χ0) is 18.2. The maximum Gasteiger partial charge on any atom is 0.353 e. The number of ether oxygens (including phenoxy) is 1. The van der Waals surface area contributed by atoms with Gasteiger partial charge in [0.05, 0.1) is 34.8 Å². The molecule has 2 heterocycles. The summed E-state index contributed by atoms with van der Waals surface area (Å²) in [4.78, 5) is 36.5. The SMILES string of the molecule is COC(=O)/C=C/CC1C(=O)N2C(C(=O)O)=C(S(=O)C(C)(C)C)CC12. The van der Waals surface area contributed by atoms with Crippen LogP contribution in [0.3, 0.4) is 0 Å². The Morgan fingerprint density at radius 1 is 1.42 bits per heavy atom. The topological polar surface area (TPSA) is 101 Å². The number of allylic oxidation sites excluding steroid dienone is 1. The molecule has 1 saturated heterocycles. The standard InChI is InChI=1S/C16H21NO6S/c1-16(2,3)24(22)11-8-10-9(6-5-7-12(18)23-4)14(19)17(10)13(11)15(20)21/h5,7,9-10H,6,8H2,1-4H3,(H,20,21)/b7-5+. The molecule has 3 atom stereocenters. The van der Waals surface area contributed by atoms with E-state index < -0.39 is 33.4 Å². The molecular formula is C16H21NO6S. The monoisotopic (exact) mass is 355 g/mol. The number of carboxylic acids is 1. The van der Waals surface area contributed by atoms with E-state index in [-0.39, 0.29) is 24.1 Å². The van der Waals surface area contributed by atoms with E-state index in [1.54, 1.807) is 26.8 Å². The molecule has 0 saturated carbocycles.